The molecule has 0 fully saturated rings. The molecule has 0 saturated heterocycles. The smallest absolute Gasteiger partial charge is 0.316 e. The lowest BCUT2D eigenvalue weighted by Crippen LogP contribution is -2.23. The third-order valence-corrected chi connectivity index (χ3v) is 4.32. The molecule has 0 spiro atoms. The van der Waals surface area contributed by atoms with Crippen LogP contribution in [0.5, 0.6) is 0 Å². The second kappa shape index (κ2) is 8.32. The fourth-order valence-electron chi connectivity index (χ4n) is 1.68. The molecule has 1 atom stereocenters. The van der Waals surface area contributed by atoms with Crippen LogP contribution in [0.3, 0.4) is 0 Å². The van der Waals surface area contributed by atoms with Gasteiger partial charge >= 0.3 is 5.97 Å². The van der Waals surface area contributed by atoms with Crippen LogP contribution in [0.2, 0.25) is 0 Å². The molecule has 0 bridgehead atoms. The molecule has 1 rings (SSSR count). The first-order chi connectivity index (χ1) is 9.93. The zero-order valence-electron chi connectivity index (χ0n) is 12.0. The van der Waals surface area contributed by atoms with E-state index in [1.165, 1.54) is 11.8 Å². The molecule has 1 aromatic rings. The van der Waals surface area contributed by atoms with Crippen LogP contribution in [-0.4, -0.2) is 28.0 Å². The zero-order chi connectivity index (χ0) is 15.8. The number of rotatable bonds is 7. The van der Waals surface area contributed by atoms with E-state index in [0.29, 0.717) is 17.0 Å². The summed E-state index contributed by atoms with van der Waals surface area (Å²) >= 11 is 1.28. The Kier molecular flexibility index (Phi) is 6.76. The van der Waals surface area contributed by atoms with Gasteiger partial charge in [0.05, 0.1) is 11.6 Å². The van der Waals surface area contributed by atoms with E-state index in [2.05, 4.69) is 5.32 Å². The number of aliphatic carboxylic acids is 1. The molecule has 1 amide bonds. The molecule has 21 heavy (non-hydrogen) atoms. The van der Waals surface area contributed by atoms with E-state index >= 15 is 0 Å². The molecule has 0 aromatic heterocycles. The number of hydrogen-bond acceptors (Lipinski definition) is 4. The number of anilines is 1. The Morgan fingerprint density at radius 2 is 1.95 bits per heavy atom. The van der Waals surface area contributed by atoms with Gasteiger partial charge in [0, 0.05) is 17.9 Å². The maximum Gasteiger partial charge on any atom is 0.316 e. The van der Waals surface area contributed by atoms with Crippen molar-refractivity contribution in [2.24, 2.45) is 5.92 Å². The van der Waals surface area contributed by atoms with Crippen LogP contribution < -0.4 is 5.32 Å². The second-order valence-corrected chi connectivity index (χ2v) is 6.11. The molecule has 0 radical (unpaired) electrons. The van der Waals surface area contributed by atoms with Gasteiger partial charge in [-0.25, -0.2) is 0 Å². The fourth-order valence-corrected chi connectivity index (χ4v) is 2.76. The highest BCUT2D eigenvalue weighted by molar-refractivity contribution is 8.00. The Bertz CT molecular complexity index is 535. The fraction of sp³-hybridized carbons (Fsp3) is 0.400. The molecule has 1 unspecified atom stereocenters. The summed E-state index contributed by atoms with van der Waals surface area (Å²) < 4.78 is 0. The van der Waals surface area contributed by atoms with Crippen molar-refractivity contribution in [3.05, 3.63) is 29.8 Å². The maximum absolute atomic E-state index is 11.8. The average molecular weight is 306 g/mol. The molecule has 5 nitrogen and oxygen atoms in total. The number of hydrogen-bond donors (Lipinski definition) is 2. The van der Waals surface area contributed by atoms with Gasteiger partial charge in [0.1, 0.15) is 5.25 Å². The molecule has 0 heterocycles. The van der Waals surface area contributed by atoms with Gasteiger partial charge in [0.25, 0.3) is 0 Å². The molecular formula is C15H18N2O3S. The monoisotopic (exact) mass is 306 g/mol. The van der Waals surface area contributed by atoms with Crippen LogP contribution in [0.1, 0.15) is 25.8 Å². The predicted molar refractivity (Wildman–Crippen MR) is 83.1 cm³/mol. The Balaban J connectivity index is 2.40. The minimum atomic E-state index is -0.845. The summed E-state index contributed by atoms with van der Waals surface area (Å²) in [7, 11) is 0. The summed E-state index contributed by atoms with van der Waals surface area (Å²) in [6.45, 7) is 3.70. The summed E-state index contributed by atoms with van der Waals surface area (Å²) in [5, 5.41) is 19.9. The van der Waals surface area contributed by atoms with Crippen molar-refractivity contribution in [1.29, 1.82) is 5.26 Å². The number of carboxylic acids is 1. The van der Waals surface area contributed by atoms with Crippen molar-refractivity contribution in [2.75, 3.05) is 11.1 Å². The first kappa shape index (κ1) is 17.1. The summed E-state index contributed by atoms with van der Waals surface area (Å²) in [4.78, 5) is 22.8. The van der Waals surface area contributed by atoms with Crippen molar-refractivity contribution >= 4 is 29.3 Å². The summed E-state index contributed by atoms with van der Waals surface area (Å²) in [5.74, 6) is -0.534. The van der Waals surface area contributed by atoms with Gasteiger partial charge in [0.15, 0.2) is 0 Å². The Labute approximate surface area is 128 Å². The molecule has 6 heteroatoms. The van der Waals surface area contributed by atoms with Crippen molar-refractivity contribution in [3.63, 3.8) is 0 Å². The Hall–Kier alpha value is -2.00. The normalized spacial score (nSPS) is 11.7. The van der Waals surface area contributed by atoms with Crippen LogP contribution in [0.15, 0.2) is 24.3 Å². The number of nitrogens with one attached hydrogen (secondary N) is 1. The van der Waals surface area contributed by atoms with Crippen LogP contribution in [0, 0.1) is 17.2 Å². The van der Waals surface area contributed by atoms with Gasteiger partial charge in [-0.3, -0.25) is 9.59 Å². The van der Waals surface area contributed by atoms with Gasteiger partial charge in [-0.2, -0.15) is 5.26 Å². The Morgan fingerprint density at radius 1 is 1.33 bits per heavy atom. The summed E-state index contributed by atoms with van der Waals surface area (Å²) in [6, 6.07) is 8.59. The third kappa shape index (κ3) is 5.88. The predicted octanol–water partition coefficient (Wildman–Crippen LogP) is 2.73. The second-order valence-electron chi connectivity index (χ2n) is 4.86. The highest BCUT2D eigenvalue weighted by atomic mass is 32.2. The van der Waals surface area contributed by atoms with E-state index in [-0.39, 0.29) is 18.2 Å². The van der Waals surface area contributed by atoms with E-state index in [4.69, 9.17) is 10.4 Å². The minimum Gasteiger partial charge on any atom is -0.480 e. The van der Waals surface area contributed by atoms with Crippen LogP contribution in [-0.2, 0) is 9.59 Å². The first-order valence-corrected chi connectivity index (χ1v) is 7.63. The molecular weight excluding hydrogens is 288 g/mol. The number of carbonyl (C=O) groups excluding carboxylic acids is 1. The van der Waals surface area contributed by atoms with Gasteiger partial charge in [-0.1, -0.05) is 13.8 Å². The van der Waals surface area contributed by atoms with Crippen molar-refractivity contribution in [2.45, 2.75) is 25.5 Å². The highest BCUT2D eigenvalue weighted by Gasteiger charge is 2.21. The van der Waals surface area contributed by atoms with E-state index in [1.807, 2.05) is 19.9 Å². The van der Waals surface area contributed by atoms with Gasteiger partial charge in [0.2, 0.25) is 5.91 Å². The van der Waals surface area contributed by atoms with Crippen molar-refractivity contribution in [1.82, 2.24) is 0 Å². The summed E-state index contributed by atoms with van der Waals surface area (Å²) in [5.41, 5.74) is 1.16. The number of carbonyl (C=O) groups is 2. The zero-order valence-corrected chi connectivity index (χ0v) is 12.8. The molecule has 2 N–H and O–H groups in total. The van der Waals surface area contributed by atoms with E-state index in [9.17, 15) is 9.59 Å². The molecule has 0 saturated carbocycles. The number of carboxylic acid groups (broad SMARTS) is 1. The topological polar surface area (TPSA) is 90.2 Å². The standard InChI is InChI=1S/C15H18N2O3S/c1-10(2)14(15(19)20)21-8-7-13(18)17-12-5-3-11(9-16)4-6-12/h3-6,10,14H,7-8H2,1-2H3,(H,17,18)(H,19,20). The van der Waals surface area contributed by atoms with Crippen LogP contribution in [0.25, 0.3) is 0 Å². The van der Waals surface area contributed by atoms with Crippen molar-refractivity contribution in [3.8, 4) is 6.07 Å². The lowest BCUT2D eigenvalue weighted by atomic mass is 10.1. The van der Waals surface area contributed by atoms with E-state index in [0.717, 1.165) is 0 Å². The van der Waals surface area contributed by atoms with Crippen molar-refractivity contribution < 1.29 is 14.7 Å². The third-order valence-electron chi connectivity index (χ3n) is 2.77. The average Bonchev–Trinajstić information content (AvgIpc) is 2.43. The van der Waals surface area contributed by atoms with Gasteiger partial charge in [-0.05, 0) is 30.2 Å². The number of nitrogens with zero attached hydrogens (tertiary/aromatic N) is 1. The molecule has 112 valence electrons. The Morgan fingerprint density at radius 3 is 2.43 bits per heavy atom. The van der Waals surface area contributed by atoms with Crippen LogP contribution in [0.4, 0.5) is 5.69 Å². The number of benzene rings is 1. The molecule has 0 aliphatic heterocycles. The summed E-state index contributed by atoms with van der Waals surface area (Å²) in [6.07, 6.45) is 0.251. The van der Waals surface area contributed by atoms with E-state index in [1.54, 1.807) is 24.3 Å². The SMILES string of the molecule is CC(C)C(SCCC(=O)Nc1ccc(C#N)cc1)C(=O)O. The quantitative estimate of drug-likeness (QED) is 0.808. The molecule has 1 aromatic carbocycles. The van der Waals surface area contributed by atoms with Gasteiger partial charge < -0.3 is 10.4 Å². The lowest BCUT2D eigenvalue weighted by Gasteiger charge is -2.15. The van der Waals surface area contributed by atoms with Gasteiger partial charge in [-0.15, -0.1) is 11.8 Å². The van der Waals surface area contributed by atoms with Crippen LogP contribution >= 0.6 is 11.8 Å². The maximum atomic E-state index is 11.8. The largest absolute Gasteiger partial charge is 0.480 e. The number of amides is 1. The molecule has 0 aliphatic carbocycles. The minimum absolute atomic E-state index is 0.0223. The molecule has 0 aliphatic rings. The lowest BCUT2D eigenvalue weighted by molar-refractivity contribution is -0.137. The highest BCUT2D eigenvalue weighted by Crippen LogP contribution is 2.20. The first-order valence-electron chi connectivity index (χ1n) is 6.58. The number of nitriles is 1. The van der Waals surface area contributed by atoms with E-state index < -0.39 is 11.2 Å². The number of thioether (sulfide) groups is 1.